The van der Waals surface area contributed by atoms with Crippen LogP contribution in [0.1, 0.15) is 67.6 Å². The maximum absolute atomic E-state index is 13.0. The molecule has 0 spiro atoms. The SMILES string of the molecule is COc1ccc2c(c1)[C@H](NC(=O)c1ccc(CN3CCC(C)CC3)cc1)CC(C)(C)O2. The van der Waals surface area contributed by atoms with E-state index in [1.54, 1.807) is 7.11 Å². The van der Waals surface area contributed by atoms with Crippen molar-refractivity contribution in [3.63, 3.8) is 0 Å². The summed E-state index contributed by atoms with van der Waals surface area (Å²) in [5, 5.41) is 3.22. The molecule has 2 aromatic carbocycles. The van der Waals surface area contributed by atoms with Crippen molar-refractivity contribution in [2.24, 2.45) is 5.92 Å². The summed E-state index contributed by atoms with van der Waals surface area (Å²) in [7, 11) is 1.65. The zero-order valence-electron chi connectivity index (χ0n) is 19.1. The van der Waals surface area contributed by atoms with Crippen LogP contribution < -0.4 is 14.8 Å². The van der Waals surface area contributed by atoms with Gasteiger partial charge in [0.25, 0.3) is 5.91 Å². The van der Waals surface area contributed by atoms with E-state index in [4.69, 9.17) is 9.47 Å². The van der Waals surface area contributed by atoms with Crippen molar-refractivity contribution in [1.82, 2.24) is 10.2 Å². The lowest BCUT2D eigenvalue weighted by Gasteiger charge is -2.38. The lowest BCUT2D eigenvalue weighted by molar-refractivity contribution is 0.0618. The number of benzene rings is 2. The number of carbonyl (C=O) groups excluding carboxylic acids is 1. The van der Waals surface area contributed by atoms with E-state index >= 15 is 0 Å². The molecule has 0 aromatic heterocycles. The molecule has 4 rings (SSSR count). The molecule has 2 aromatic rings. The highest BCUT2D eigenvalue weighted by molar-refractivity contribution is 5.94. The second-order valence-corrected chi connectivity index (χ2v) is 9.65. The van der Waals surface area contributed by atoms with Crippen molar-refractivity contribution in [3.8, 4) is 11.5 Å². The number of nitrogens with zero attached hydrogens (tertiary/aromatic N) is 1. The van der Waals surface area contributed by atoms with Crippen molar-refractivity contribution in [2.45, 2.75) is 58.2 Å². The van der Waals surface area contributed by atoms with E-state index in [9.17, 15) is 4.79 Å². The molecule has 5 heteroatoms. The van der Waals surface area contributed by atoms with Crippen LogP contribution in [0.2, 0.25) is 0 Å². The van der Waals surface area contributed by atoms with Crippen molar-refractivity contribution >= 4 is 5.91 Å². The van der Waals surface area contributed by atoms with E-state index < -0.39 is 0 Å². The molecule has 1 amide bonds. The van der Waals surface area contributed by atoms with E-state index in [1.807, 2.05) is 30.3 Å². The summed E-state index contributed by atoms with van der Waals surface area (Å²) in [6.45, 7) is 9.71. The number of amides is 1. The van der Waals surface area contributed by atoms with E-state index in [1.165, 1.54) is 18.4 Å². The van der Waals surface area contributed by atoms with Gasteiger partial charge in [-0.25, -0.2) is 0 Å². The third-order valence-electron chi connectivity index (χ3n) is 6.48. The van der Waals surface area contributed by atoms with Gasteiger partial charge in [0.2, 0.25) is 0 Å². The smallest absolute Gasteiger partial charge is 0.251 e. The Kier molecular flexibility index (Phi) is 6.24. The Balaban J connectivity index is 1.44. The molecule has 166 valence electrons. The summed E-state index contributed by atoms with van der Waals surface area (Å²) in [6, 6.07) is 13.7. The second-order valence-electron chi connectivity index (χ2n) is 9.65. The lowest BCUT2D eigenvalue weighted by atomic mass is 9.89. The van der Waals surface area contributed by atoms with Gasteiger partial charge in [-0.1, -0.05) is 19.1 Å². The van der Waals surface area contributed by atoms with Crippen LogP contribution in [0.25, 0.3) is 0 Å². The Morgan fingerprint density at radius 2 is 1.87 bits per heavy atom. The molecule has 1 saturated heterocycles. The number of hydrogen-bond acceptors (Lipinski definition) is 4. The normalized spacial score (nSPS) is 21.1. The average molecular weight is 423 g/mol. The number of likely N-dealkylation sites (tertiary alicyclic amines) is 1. The monoisotopic (exact) mass is 422 g/mol. The van der Waals surface area contributed by atoms with Gasteiger partial charge in [0, 0.05) is 24.1 Å². The summed E-state index contributed by atoms with van der Waals surface area (Å²) in [4.78, 5) is 15.5. The fourth-order valence-electron chi connectivity index (χ4n) is 4.57. The number of ether oxygens (including phenoxy) is 2. The molecular formula is C26H34N2O3. The molecule has 1 fully saturated rings. The molecule has 0 bridgehead atoms. The van der Waals surface area contributed by atoms with Crippen LogP contribution in [0, 0.1) is 5.92 Å². The van der Waals surface area contributed by atoms with Crippen LogP contribution in [0.5, 0.6) is 11.5 Å². The number of fused-ring (bicyclic) bond motifs is 1. The van der Waals surface area contributed by atoms with Crippen LogP contribution in [0.4, 0.5) is 0 Å². The second kappa shape index (κ2) is 8.91. The molecule has 0 saturated carbocycles. The maximum Gasteiger partial charge on any atom is 0.251 e. The van der Waals surface area contributed by atoms with Crippen molar-refractivity contribution in [1.29, 1.82) is 0 Å². The third kappa shape index (κ3) is 5.21. The molecule has 1 N–H and O–H groups in total. The first-order valence-corrected chi connectivity index (χ1v) is 11.3. The van der Waals surface area contributed by atoms with Crippen molar-refractivity contribution < 1.29 is 14.3 Å². The zero-order valence-corrected chi connectivity index (χ0v) is 19.1. The molecule has 2 aliphatic heterocycles. The Morgan fingerprint density at radius 1 is 1.16 bits per heavy atom. The van der Waals surface area contributed by atoms with Crippen LogP contribution in [0.3, 0.4) is 0 Å². The van der Waals surface area contributed by atoms with Gasteiger partial charge in [0.15, 0.2) is 0 Å². The Labute approximate surface area is 185 Å². The van der Waals surface area contributed by atoms with Crippen LogP contribution in [-0.2, 0) is 6.54 Å². The minimum Gasteiger partial charge on any atom is -0.497 e. The van der Waals surface area contributed by atoms with Gasteiger partial charge in [0.1, 0.15) is 17.1 Å². The highest BCUT2D eigenvalue weighted by Crippen LogP contribution is 2.41. The van der Waals surface area contributed by atoms with Gasteiger partial charge in [-0.3, -0.25) is 9.69 Å². The highest BCUT2D eigenvalue weighted by Gasteiger charge is 2.35. The molecule has 1 atom stereocenters. The standard InChI is InChI=1S/C26H34N2O3/c1-18-11-13-28(14-12-18)17-19-5-7-20(8-6-19)25(29)27-23-16-26(2,3)31-24-10-9-21(30-4)15-22(23)24/h5-10,15,18,23H,11-14,16-17H2,1-4H3,(H,27,29)/t23-/m1/s1. The van der Waals surface area contributed by atoms with E-state index in [2.05, 4.69) is 43.1 Å². The third-order valence-corrected chi connectivity index (χ3v) is 6.48. The Morgan fingerprint density at radius 3 is 2.55 bits per heavy atom. The quantitative estimate of drug-likeness (QED) is 0.740. The van der Waals surface area contributed by atoms with E-state index in [0.29, 0.717) is 12.0 Å². The predicted molar refractivity (Wildman–Crippen MR) is 123 cm³/mol. The molecular weight excluding hydrogens is 388 g/mol. The number of methoxy groups -OCH3 is 1. The summed E-state index contributed by atoms with van der Waals surface area (Å²) < 4.78 is 11.5. The number of piperidine rings is 1. The molecule has 2 aliphatic rings. The molecule has 2 heterocycles. The molecule has 5 nitrogen and oxygen atoms in total. The van der Waals surface area contributed by atoms with Crippen LogP contribution >= 0.6 is 0 Å². The first-order chi connectivity index (χ1) is 14.8. The largest absolute Gasteiger partial charge is 0.497 e. The van der Waals surface area contributed by atoms with Gasteiger partial charge in [-0.2, -0.15) is 0 Å². The zero-order chi connectivity index (χ0) is 22.0. The number of nitrogens with one attached hydrogen (secondary N) is 1. The van der Waals surface area contributed by atoms with Crippen molar-refractivity contribution in [3.05, 3.63) is 59.2 Å². The predicted octanol–water partition coefficient (Wildman–Crippen LogP) is 4.96. The molecule has 0 unspecified atom stereocenters. The highest BCUT2D eigenvalue weighted by atomic mass is 16.5. The first-order valence-electron chi connectivity index (χ1n) is 11.3. The van der Waals surface area contributed by atoms with E-state index in [-0.39, 0.29) is 17.6 Å². The van der Waals surface area contributed by atoms with Gasteiger partial charge < -0.3 is 14.8 Å². The molecule has 0 aliphatic carbocycles. The molecule has 31 heavy (non-hydrogen) atoms. The first kappa shape index (κ1) is 21.7. The fourth-order valence-corrected chi connectivity index (χ4v) is 4.57. The maximum atomic E-state index is 13.0. The summed E-state index contributed by atoms with van der Waals surface area (Å²) >= 11 is 0. The summed E-state index contributed by atoms with van der Waals surface area (Å²) in [5.41, 5.74) is 2.55. The molecule has 0 radical (unpaired) electrons. The number of rotatable bonds is 5. The van der Waals surface area contributed by atoms with Crippen LogP contribution in [-0.4, -0.2) is 36.6 Å². The fraction of sp³-hybridized carbons (Fsp3) is 0.500. The van der Waals surface area contributed by atoms with E-state index in [0.717, 1.165) is 42.6 Å². The number of carbonyl (C=O) groups is 1. The van der Waals surface area contributed by atoms with Gasteiger partial charge >= 0.3 is 0 Å². The minimum absolute atomic E-state index is 0.0604. The Bertz CT molecular complexity index is 915. The van der Waals surface area contributed by atoms with Gasteiger partial charge in [-0.15, -0.1) is 0 Å². The Hall–Kier alpha value is -2.53. The van der Waals surface area contributed by atoms with Gasteiger partial charge in [-0.05, 0) is 81.6 Å². The topological polar surface area (TPSA) is 50.8 Å². The summed E-state index contributed by atoms with van der Waals surface area (Å²) in [6.07, 6.45) is 3.24. The minimum atomic E-state index is -0.352. The van der Waals surface area contributed by atoms with Crippen LogP contribution in [0.15, 0.2) is 42.5 Å². The lowest BCUT2D eigenvalue weighted by Crippen LogP contribution is -2.41. The average Bonchev–Trinajstić information content (AvgIpc) is 2.75. The number of hydrogen-bond donors (Lipinski definition) is 1. The summed E-state index contributed by atoms with van der Waals surface area (Å²) in [5.74, 6) is 2.34. The van der Waals surface area contributed by atoms with Gasteiger partial charge in [0.05, 0.1) is 13.2 Å². The van der Waals surface area contributed by atoms with Crippen molar-refractivity contribution in [2.75, 3.05) is 20.2 Å².